The Morgan fingerprint density at radius 2 is 2.11 bits per heavy atom. The Kier molecular flexibility index (Phi) is 2.97. The second kappa shape index (κ2) is 5.29. The molecule has 1 aliphatic heterocycles. The van der Waals surface area contributed by atoms with E-state index >= 15 is 0 Å². The molecular weight excluding hydrogens is 364 g/mol. The van der Waals surface area contributed by atoms with Crippen LogP contribution in [-0.2, 0) is 13.5 Å². The number of benzene rings is 1. The van der Waals surface area contributed by atoms with E-state index in [0.29, 0.717) is 23.2 Å². The number of halogens is 1. The van der Waals surface area contributed by atoms with Crippen molar-refractivity contribution in [2.75, 3.05) is 0 Å². The number of rotatable bonds is 2. The number of aryl methyl sites for hydroxylation is 1. The Hall–Kier alpha value is -2.93. The lowest BCUT2D eigenvalue weighted by Crippen LogP contribution is -2.00. The minimum Gasteiger partial charge on any atom is -0.339 e. The molecule has 0 spiro atoms. The third kappa shape index (κ3) is 2.28. The molecule has 0 saturated heterocycles. The lowest BCUT2D eigenvalue weighted by molar-refractivity contribution is 0.380. The summed E-state index contributed by atoms with van der Waals surface area (Å²) in [6.45, 7) is 0. The number of hydrogen-bond donors (Lipinski definition) is 0. The fourth-order valence-electron chi connectivity index (χ4n) is 3.75. The van der Waals surface area contributed by atoms with Crippen molar-refractivity contribution in [2.24, 2.45) is 7.05 Å². The van der Waals surface area contributed by atoms with Gasteiger partial charge in [0.1, 0.15) is 12.0 Å². The van der Waals surface area contributed by atoms with Gasteiger partial charge in [-0.2, -0.15) is 10.1 Å². The molecule has 0 unspecified atom stereocenters. The third-order valence-corrected chi connectivity index (χ3v) is 5.42. The highest BCUT2D eigenvalue weighted by molar-refractivity contribution is 6.31. The fourth-order valence-corrected chi connectivity index (χ4v) is 3.92. The van der Waals surface area contributed by atoms with Crippen LogP contribution in [0.1, 0.15) is 35.9 Å². The second-order valence-corrected chi connectivity index (χ2v) is 7.59. The second-order valence-electron chi connectivity index (χ2n) is 7.16. The van der Waals surface area contributed by atoms with Crippen molar-refractivity contribution in [3.63, 3.8) is 0 Å². The van der Waals surface area contributed by atoms with Gasteiger partial charge in [-0.15, -0.1) is 0 Å². The van der Waals surface area contributed by atoms with E-state index in [-0.39, 0.29) is 0 Å². The van der Waals surface area contributed by atoms with E-state index in [2.05, 4.69) is 24.8 Å². The molecule has 4 heterocycles. The fraction of sp³-hybridized carbons (Fsp3) is 0.263. The smallest absolute Gasteiger partial charge is 0.230 e. The first kappa shape index (κ1) is 15.2. The van der Waals surface area contributed by atoms with E-state index in [1.54, 1.807) is 0 Å². The van der Waals surface area contributed by atoms with Crippen LogP contribution in [0.25, 0.3) is 28.5 Å². The highest BCUT2D eigenvalue weighted by Gasteiger charge is 2.31. The van der Waals surface area contributed by atoms with Gasteiger partial charge < -0.3 is 9.09 Å². The Morgan fingerprint density at radius 1 is 1.22 bits per heavy atom. The molecule has 0 radical (unpaired) electrons. The zero-order chi connectivity index (χ0) is 18.1. The van der Waals surface area contributed by atoms with E-state index in [9.17, 15) is 0 Å². The van der Waals surface area contributed by atoms with Crippen LogP contribution in [0.15, 0.2) is 35.2 Å². The van der Waals surface area contributed by atoms with Gasteiger partial charge in [-0.3, -0.25) is 4.68 Å². The molecule has 1 aromatic carbocycles. The molecule has 8 heteroatoms. The lowest BCUT2D eigenvalue weighted by atomic mass is 10.0. The van der Waals surface area contributed by atoms with Gasteiger partial charge in [0.15, 0.2) is 0 Å². The molecule has 6 rings (SSSR count). The molecule has 1 fully saturated rings. The first-order valence-corrected chi connectivity index (χ1v) is 9.28. The Morgan fingerprint density at radius 3 is 2.96 bits per heavy atom. The average Bonchev–Trinajstić information content (AvgIpc) is 3.10. The number of nitrogens with zero attached hydrogens (tertiary/aromatic N) is 6. The van der Waals surface area contributed by atoms with Crippen LogP contribution in [0.4, 0.5) is 0 Å². The van der Waals surface area contributed by atoms with Crippen molar-refractivity contribution in [2.45, 2.75) is 25.2 Å². The molecule has 3 aromatic heterocycles. The Labute approximate surface area is 159 Å². The van der Waals surface area contributed by atoms with Gasteiger partial charge in [0.25, 0.3) is 0 Å². The zero-order valence-electron chi connectivity index (χ0n) is 14.6. The van der Waals surface area contributed by atoms with Gasteiger partial charge in [0.05, 0.1) is 17.1 Å². The van der Waals surface area contributed by atoms with Gasteiger partial charge in [-0.25, -0.2) is 4.98 Å². The summed E-state index contributed by atoms with van der Waals surface area (Å²) in [6.07, 6.45) is 6.78. The molecule has 134 valence electrons. The van der Waals surface area contributed by atoms with Crippen LogP contribution in [0.5, 0.6) is 0 Å². The number of aromatic nitrogens is 6. The highest BCUT2D eigenvalue weighted by atomic mass is 35.5. The van der Waals surface area contributed by atoms with Crippen LogP contribution < -0.4 is 0 Å². The molecule has 7 nitrogen and oxygen atoms in total. The van der Waals surface area contributed by atoms with Crippen LogP contribution in [0.3, 0.4) is 0 Å². The van der Waals surface area contributed by atoms with Crippen LogP contribution >= 0.6 is 11.6 Å². The monoisotopic (exact) mass is 378 g/mol. The lowest BCUT2D eigenvalue weighted by Gasteiger charge is -2.09. The molecule has 2 aliphatic rings. The first-order chi connectivity index (χ1) is 13.2. The predicted molar refractivity (Wildman–Crippen MR) is 98.8 cm³/mol. The Balaban J connectivity index is 1.58. The molecule has 0 atom stereocenters. The molecule has 1 saturated carbocycles. The topological polar surface area (TPSA) is 74.6 Å². The highest BCUT2D eigenvalue weighted by Crippen LogP contribution is 2.41. The summed E-state index contributed by atoms with van der Waals surface area (Å²) in [7, 11) is 1.93. The molecule has 27 heavy (non-hydrogen) atoms. The maximum atomic E-state index is 6.28. The van der Waals surface area contributed by atoms with Crippen molar-refractivity contribution in [1.82, 2.24) is 29.5 Å². The first-order valence-electron chi connectivity index (χ1n) is 8.90. The molecule has 0 amide bonds. The van der Waals surface area contributed by atoms with E-state index < -0.39 is 0 Å². The molecule has 0 bridgehead atoms. The zero-order valence-corrected chi connectivity index (χ0v) is 15.3. The average molecular weight is 379 g/mol. The summed E-state index contributed by atoms with van der Waals surface area (Å²) >= 11 is 6.28. The molecule has 4 aromatic rings. The predicted octanol–water partition coefficient (Wildman–Crippen LogP) is 3.76. The van der Waals surface area contributed by atoms with E-state index in [1.807, 2.05) is 42.5 Å². The summed E-state index contributed by atoms with van der Waals surface area (Å²) in [5, 5.41) is 9.54. The van der Waals surface area contributed by atoms with Crippen molar-refractivity contribution >= 4 is 11.6 Å². The third-order valence-electron chi connectivity index (χ3n) is 5.18. The normalized spacial score (nSPS) is 15.2. The maximum absolute atomic E-state index is 6.28. The van der Waals surface area contributed by atoms with Gasteiger partial charge in [-0.1, -0.05) is 16.8 Å². The summed E-state index contributed by atoms with van der Waals surface area (Å²) in [5.41, 5.74) is 5.82. The standard InChI is InChI=1S/C19H15ClN6O/c1-25-8-11-6-15-17(18-22-19(27-24-18)10-2-3-10)21-9-26(15)14-5-4-12(20)7-13(14)16(11)23-25/h4-5,7-10H,2-3,6H2,1H3. The maximum Gasteiger partial charge on any atom is 0.230 e. The number of hydrogen-bond acceptors (Lipinski definition) is 5. The van der Waals surface area contributed by atoms with Crippen molar-refractivity contribution in [3.8, 4) is 28.5 Å². The van der Waals surface area contributed by atoms with Gasteiger partial charge >= 0.3 is 0 Å². The minimum absolute atomic E-state index is 0.417. The molecule has 1 aliphatic carbocycles. The van der Waals surface area contributed by atoms with Gasteiger partial charge in [-0.05, 0) is 31.0 Å². The number of imidazole rings is 1. The minimum atomic E-state index is 0.417. The quantitative estimate of drug-likeness (QED) is 0.467. The van der Waals surface area contributed by atoms with Crippen LogP contribution in [-0.4, -0.2) is 29.5 Å². The van der Waals surface area contributed by atoms with Crippen molar-refractivity contribution < 1.29 is 4.52 Å². The summed E-state index contributed by atoms with van der Waals surface area (Å²) in [4.78, 5) is 9.21. The van der Waals surface area contributed by atoms with Crippen LogP contribution in [0.2, 0.25) is 5.02 Å². The SMILES string of the molecule is Cn1cc2c(n1)-c1cc(Cl)ccc1-n1cnc(-c3noc(C4CC4)n3)c1C2. The summed E-state index contributed by atoms with van der Waals surface area (Å²) in [5.74, 6) is 1.68. The van der Waals surface area contributed by atoms with Crippen molar-refractivity contribution in [3.05, 3.63) is 52.9 Å². The van der Waals surface area contributed by atoms with Crippen LogP contribution in [0, 0.1) is 0 Å². The van der Waals surface area contributed by atoms with Gasteiger partial charge in [0, 0.05) is 41.7 Å². The number of fused-ring (bicyclic) bond motifs is 5. The summed E-state index contributed by atoms with van der Waals surface area (Å²) in [6, 6.07) is 5.84. The van der Waals surface area contributed by atoms with E-state index in [4.69, 9.17) is 16.1 Å². The van der Waals surface area contributed by atoms with Gasteiger partial charge in [0.2, 0.25) is 11.7 Å². The molecule has 0 N–H and O–H groups in total. The van der Waals surface area contributed by atoms with E-state index in [0.717, 1.165) is 52.6 Å². The van der Waals surface area contributed by atoms with E-state index in [1.165, 1.54) is 0 Å². The van der Waals surface area contributed by atoms with Crippen molar-refractivity contribution in [1.29, 1.82) is 0 Å². The largest absolute Gasteiger partial charge is 0.339 e. The summed E-state index contributed by atoms with van der Waals surface area (Å²) < 4.78 is 9.36. The molecular formula is C19H15ClN6O. The Bertz CT molecular complexity index is 1200.